The Morgan fingerprint density at radius 2 is 1.96 bits per heavy atom. The minimum absolute atomic E-state index is 0.188. The molecule has 1 fully saturated rings. The first-order valence-electron chi connectivity index (χ1n) is 8.28. The van der Waals surface area contributed by atoms with Crippen molar-refractivity contribution in [2.45, 2.75) is 6.92 Å². The fourth-order valence-electron chi connectivity index (χ4n) is 2.44. The van der Waals surface area contributed by atoms with Crippen LogP contribution in [0.2, 0.25) is 0 Å². The molecule has 0 atom stereocenters. The predicted octanol–water partition coefficient (Wildman–Crippen LogP) is 1.12. The van der Waals surface area contributed by atoms with E-state index in [0.717, 1.165) is 4.90 Å². The molecule has 0 radical (unpaired) electrons. The first-order chi connectivity index (χ1) is 13.3. The molecule has 0 saturated carbocycles. The molecule has 0 bridgehead atoms. The molecule has 1 amide bonds. The largest absolute Gasteiger partial charge is 0.490 e. The second-order valence-corrected chi connectivity index (χ2v) is 6.03. The summed E-state index contributed by atoms with van der Waals surface area (Å²) in [7, 11) is 2.85. The number of esters is 1. The van der Waals surface area contributed by atoms with Gasteiger partial charge in [-0.3, -0.25) is 14.5 Å². The second-order valence-electron chi connectivity index (χ2n) is 5.66. The highest BCUT2D eigenvalue weighted by atomic mass is 32.1. The van der Waals surface area contributed by atoms with Gasteiger partial charge in [-0.2, -0.15) is 0 Å². The smallest absolute Gasteiger partial charge is 0.341 e. The first-order valence-corrected chi connectivity index (χ1v) is 8.68. The number of hydrogen-bond acceptors (Lipinski definition) is 7. The summed E-state index contributed by atoms with van der Waals surface area (Å²) in [5, 5.41) is 8.95. The van der Waals surface area contributed by atoms with Gasteiger partial charge in [-0.1, -0.05) is 6.07 Å². The highest BCUT2D eigenvalue weighted by Gasteiger charge is 2.37. The van der Waals surface area contributed by atoms with Crippen LogP contribution < -0.4 is 9.47 Å². The van der Waals surface area contributed by atoms with Crippen LogP contribution in [-0.2, 0) is 19.1 Å². The van der Waals surface area contributed by atoms with Crippen LogP contribution in [0.25, 0.3) is 6.08 Å². The number of ether oxygens (including phenoxy) is 3. The fourth-order valence-corrected chi connectivity index (χ4v) is 2.69. The molecule has 1 heterocycles. The van der Waals surface area contributed by atoms with Crippen molar-refractivity contribution in [2.75, 3.05) is 33.9 Å². The molecule has 1 saturated heterocycles. The van der Waals surface area contributed by atoms with Crippen molar-refractivity contribution >= 4 is 41.3 Å². The quantitative estimate of drug-likeness (QED) is 0.385. The second kappa shape index (κ2) is 9.18. The molecular weight excluding hydrogens is 388 g/mol. The molecule has 2 rings (SSSR count). The highest BCUT2D eigenvalue weighted by Crippen LogP contribution is 2.30. The molecule has 9 nitrogen and oxygen atoms in total. The molecule has 0 unspecified atom stereocenters. The number of aliphatic carboxylic acids is 1. The number of likely N-dealkylation sites (N-methyl/N-ethyl adjacent to an activating group) is 1. The average Bonchev–Trinajstić information content (AvgIpc) is 2.85. The Balaban J connectivity index is 2.31. The lowest BCUT2D eigenvalue weighted by atomic mass is 10.1. The van der Waals surface area contributed by atoms with E-state index in [1.807, 2.05) is 0 Å². The van der Waals surface area contributed by atoms with E-state index < -0.39 is 24.5 Å². The third-order valence-electron chi connectivity index (χ3n) is 3.78. The zero-order valence-electron chi connectivity index (χ0n) is 15.6. The Bertz CT molecular complexity index is 837. The molecular formula is C18H20N2O7S. The summed E-state index contributed by atoms with van der Waals surface area (Å²) >= 11 is 5.23. The molecule has 150 valence electrons. The normalized spacial score (nSPS) is 15.2. The molecule has 0 spiro atoms. The Kier molecular flexibility index (Phi) is 6.94. The van der Waals surface area contributed by atoms with Gasteiger partial charge in [-0.05, 0) is 42.9 Å². The molecule has 0 aromatic heterocycles. The van der Waals surface area contributed by atoms with Crippen LogP contribution in [0.15, 0.2) is 23.9 Å². The van der Waals surface area contributed by atoms with E-state index >= 15 is 0 Å². The van der Waals surface area contributed by atoms with E-state index in [2.05, 4.69) is 4.74 Å². The molecule has 10 heteroatoms. The monoisotopic (exact) mass is 408 g/mol. The van der Waals surface area contributed by atoms with Gasteiger partial charge >= 0.3 is 11.9 Å². The average molecular weight is 408 g/mol. The lowest BCUT2D eigenvalue weighted by Gasteiger charge is -2.14. The van der Waals surface area contributed by atoms with Crippen LogP contribution in [0.1, 0.15) is 12.5 Å². The van der Waals surface area contributed by atoms with Gasteiger partial charge in [0.1, 0.15) is 12.2 Å². The topological polar surface area (TPSA) is 106 Å². The maximum atomic E-state index is 12.6. The van der Waals surface area contributed by atoms with Crippen molar-refractivity contribution in [1.29, 1.82) is 0 Å². The standard InChI is InChI=1S/C18H20N2O7S/c1-4-26-14-8-11(5-6-13(14)27-10-15(21)22)7-12-17(24)20(9-16(23)25-3)18(28)19(12)2/h5-8H,4,9-10H2,1-3H3,(H,21,22)/b12-7-. The van der Waals surface area contributed by atoms with Gasteiger partial charge in [-0.25, -0.2) is 4.79 Å². The summed E-state index contributed by atoms with van der Waals surface area (Å²) in [5.74, 6) is -1.49. The number of hydrogen-bond donors (Lipinski definition) is 1. The maximum Gasteiger partial charge on any atom is 0.341 e. The molecule has 1 aliphatic rings. The first kappa shape index (κ1) is 21.2. The van der Waals surface area contributed by atoms with Gasteiger partial charge < -0.3 is 24.2 Å². The van der Waals surface area contributed by atoms with E-state index in [0.29, 0.717) is 17.9 Å². The van der Waals surface area contributed by atoms with Crippen molar-refractivity contribution in [1.82, 2.24) is 9.80 Å². The summed E-state index contributed by atoms with van der Waals surface area (Å²) in [5.41, 5.74) is 0.889. The third kappa shape index (κ3) is 4.77. The zero-order valence-corrected chi connectivity index (χ0v) is 16.4. The Morgan fingerprint density at radius 3 is 2.57 bits per heavy atom. The van der Waals surface area contributed by atoms with Gasteiger partial charge in [0, 0.05) is 7.05 Å². The van der Waals surface area contributed by atoms with Crippen LogP contribution in [0.3, 0.4) is 0 Å². The minimum atomic E-state index is -1.11. The summed E-state index contributed by atoms with van der Waals surface area (Å²) in [4.78, 5) is 37.5. The SMILES string of the molecule is CCOc1cc(/C=C2/C(=O)N(CC(=O)OC)C(=S)N2C)ccc1OCC(=O)O. The molecule has 1 aliphatic heterocycles. The summed E-state index contributed by atoms with van der Waals surface area (Å²) < 4.78 is 15.3. The molecule has 1 aromatic rings. The van der Waals surface area contributed by atoms with Crippen molar-refractivity contribution in [2.24, 2.45) is 0 Å². The number of carbonyl (C=O) groups is 3. The van der Waals surface area contributed by atoms with Gasteiger partial charge in [0.05, 0.1) is 13.7 Å². The van der Waals surface area contributed by atoms with Gasteiger partial charge in [0.15, 0.2) is 23.2 Å². The van der Waals surface area contributed by atoms with Crippen LogP contribution in [0.5, 0.6) is 11.5 Å². The molecule has 1 aromatic carbocycles. The third-order valence-corrected chi connectivity index (χ3v) is 4.27. The number of benzene rings is 1. The highest BCUT2D eigenvalue weighted by molar-refractivity contribution is 7.80. The summed E-state index contributed by atoms with van der Waals surface area (Å²) in [6.45, 7) is 1.35. The van der Waals surface area contributed by atoms with Crippen LogP contribution >= 0.6 is 12.2 Å². The number of carboxylic acids is 1. The van der Waals surface area contributed by atoms with Crippen molar-refractivity contribution in [3.63, 3.8) is 0 Å². The Morgan fingerprint density at radius 1 is 1.25 bits per heavy atom. The van der Waals surface area contributed by atoms with Crippen LogP contribution in [0.4, 0.5) is 0 Å². The Labute approximate surface area is 167 Å². The van der Waals surface area contributed by atoms with Gasteiger partial charge in [-0.15, -0.1) is 0 Å². The van der Waals surface area contributed by atoms with Crippen molar-refractivity contribution in [3.05, 3.63) is 29.5 Å². The van der Waals surface area contributed by atoms with Gasteiger partial charge in [0.25, 0.3) is 5.91 Å². The summed E-state index contributed by atoms with van der Waals surface area (Å²) in [6, 6.07) is 4.84. The number of amides is 1. The van der Waals surface area contributed by atoms with E-state index in [1.165, 1.54) is 12.0 Å². The van der Waals surface area contributed by atoms with Gasteiger partial charge in [0.2, 0.25) is 0 Å². The number of rotatable bonds is 8. The van der Waals surface area contributed by atoms with E-state index in [-0.39, 0.29) is 23.1 Å². The predicted molar refractivity (Wildman–Crippen MR) is 103 cm³/mol. The van der Waals surface area contributed by atoms with E-state index in [9.17, 15) is 14.4 Å². The number of thiocarbonyl (C=S) groups is 1. The fraction of sp³-hybridized carbons (Fsp3) is 0.333. The van der Waals surface area contributed by atoms with E-state index in [1.54, 1.807) is 38.2 Å². The number of methoxy groups -OCH3 is 1. The number of nitrogens with zero attached hydrogens (tertiary/aromatic N) is 2. The zero-order chi connectivity index (χ0) is 20.8. The molecule has 28 heavy (non-hydrogen) atoms. The van der Waals surface area contributed by atoms with Crippen molar-refractivity contribution < 1.29 is 33.7 Å². The van der Waals surface area contributed by atoms with Crippen LogP contribution in [-0.4, -0.2) is 71.8 Å². The van der Waals surface area contributed by atoms with Crippen LogP contribution in [0, 0.1) is 0 Å². The van der Waals surface area contributed by atoms with Crippen molar-refractivity contribution in [3.8, 4) is 11.5 Å². The lowest BCUT2D eigenvalue weighted by molar-refractivity contribution is -0.143. The lowest BCUT2D eigenvalue weighted by Crippen LogP contribution is -2.36. The number of carbonyl (C=O) groups excluding carboxylic acids is 2. The Hall–Kier alpha value is -3.14. The maximum absolute atomic E-state index is 12.6. The minimum Gasteiger partial charge on any atom is -0.490 e. The van der Waals surface area contributed by atoms with E-state index in [4.69, 9.17) is 26.8 Å². The molecule has 1 N–H and O–H groups in total. The number of carboxylic acid groups (broad SMARTS) is 1. The molecule has 0 aliphatic carbocycles. The summed E-state index contributed by atoms with van der Waals surface area (Å²) in [6.07, 6.45) is 1.59.